The summed E-state index contributed by atoms with van der Waals surface area (Å²) in [6.07, 6.45) is 1.28. The van der Waals surface area contributed by atoms with Gasteiger partial charge in [-0.15, -0.1) is 0 Å². The minimum atomic E-state index is -0.110. The van der Waals surface area contributed by atoms with Crippen LogP contribution in [0.1, 0.15) is 24.8 Å². The van der Waals surface area contributed by atoms with Gasteiger partial charge in [0.05, 0.1) is 11.6 Å². The van der Waals surface area contributed by atoms with Crippen LogP contribution < -0.4 is 5.32 Å². The Bertz CT molecular complexity index is 584. The zero-order valence-corrected chi connectivity index (χ0v) is 13.4. The molecule has 2 amide bonds. The number of likely N-dealkylation sites (N-methyl/N-ethyl adjacent to an activating group) is 1. The lowest BCUT2D eigenvalue weighted by molar-refractivity contribution is -0.132. The van der Waals surface area contributed by atoms with Gasteiger partial charge in [0.15, 0.2) is 0 Å². The lowest BCUT2D eigenvalue weighted by Gasteiger charge is -2.32. The molecule has 6 heteroatoms. The topological polar surface area (TPSA) is 76.4 Å². The van der Waals surface area contributed by atoms with Crippen LogP contribution in [0.3, 0.4) is 0 Å². The molecule has 0 radical (unpaired) electrons. The molecule has 1 aliphatic rings. The van der Waals surface area contributed by atoms with Crippen molar-refractivity contribution in [2.45, 2.75) is 19.3 Å². The minimum Gasteiger partial charge on any atom is -0.340 e. The van der Waals surface area contributed by atoms with Crippen molar-refractivity contribution in [1.29, 1.82) is 5.26 Å². The second-order valence-electron chi connectivity index (χ2n) is 5.77. The molecule has 1 saturated heterocycles. The SMILES string of the molecule is CN1CCN(C(=O)CCCC(=O)Nc2ccc(C#N)cc2)CC1. The zero-order valence-electron chi connectivity index (χ0n) is 13.4. The molecule has 0 saturated carbocycles. The van der Waals surface area contributed by atoms with Crippen molar-refractivity contribution in [3.8, 4) is 6.07 Å². The standard InChI is InChI=1S/C17H22N4O2/c1-20-9-11-21(12-10-20)17(23)4-2-3-16(22)19-15-7-5-14(13-18)6-8-15/h5-8H,2-4,9-12H2,1H3,(H,19,22). The fourth-order valence-corrected chi connectivity index (χ4v) is 2.47. The van der Waals surface area contributed by atoms with Gasteiger partial charge in [-0.1, -0.05) is 0 Å². The van der Waals surface area contributed by atoms with Gasteiger partial charge in [0.25, 0.3) is 0 Å². The monoisotopic (exact) mass is 314 g/mol. The third-order valence-electron chi connectivity index (χ3n) is 3.95. The molecule has 122 valence electrons. The summed E-state index contributed by atoms with van der Waals surface area (Å²) in [6.45, 7) is 3.36. The first kappa shape index (κ1) is 17.0. The van der Waals surface area contributed by atoms with E-state index < -0.39 is 0 Å². The lowest BCUT2D eigenvalue weighted by atomic mass is 10.2. The summed E-state index contributed by atoms with van der Waals surface area (Å²) in [6, 6.07) is 8.75. The van der Waals surface area contributed by atoms with E-state index in [1.54, 1.807) is 24.3 Å². The van der Waals surface area contributed by atoms with Crippen molar-refractivity contribution >= 4 is 17.5 Å². The quantitative estimate of drug-likeness (QED) is 0.892. The number of carbonyl (C=O) groups is 2. The highest BCUT2D eigenvalue weighted by atomic mass is 16.2. The summed E-state index contributed by atoms with van der Waals surface area (Å²) < 4.78 is 0. The Hall–Kier alpha value is -2.39. The highest BCUT2D eigenvalue weighted by Crippen LogP contribution is 2.10. The average molecular weight is 314 g/mol. The Balaban J connectivity index is 1.68. The van der Waals surface area contributed by atoms with Crippen LogP contribution in [0.5, 0.6) is 0 Å². The number of benzene rings is 1. The maximum absolute atomic E-state index is 12.1. The molecule has 1 aromatic carbocycles. The van der Waals surface area contributed by atoms with Gasteiger partial charge in [-0.2, -0.15) is 5.26 Å². The highest BCUT2D eigenvalue weighted by Gasteiger charge is 2.18. The van der Waals surface area contributed by atoms with Crippen molar-refractivity contribution in [3.63, 3.8) is 0 Å². The summed E-state index contributed by atoms with van der Waals surface area (Å²) in [7, 11) is 2.05. The number of anilines is 1. The number of nitrogens with zero attached hydrogens (tertiary/aromatic N) is 3. The van der Waals surface area contributed by atoms with Crippen molar-refractivity contribution in [3.05, 3.63) is 29.8 Å². The summed E-state index contributed by atoms with van der Waals surface area (Å²) in [5.74, 6) is 0.0187. The van der Waals surface area contributed by atoms with E-state index in [0.717, 1.165) is 26.2 Å². The van der Waals surface area contributed by atoms with E-state index in [1.807, 2.05) is 11.0 Å². The van der Waals surface area contributed by atoms with Crippen LogP contribution in [0.4, 0.5) is 5.69 Å². The molecule has 23 heavy (non-hydrogen) atoms. The predicted molar refractivity (Wildman–Crippen MR) is 87.7 cm³/mol. The second-order valence-corrected chi connectivity index (χ2v) is 5.77. The molecule has 0 spiro atoms. The number of hydrogen-bond acceptors (Lipinski definition) is 4. The van der Waals surface area contributed by atoms with Gasteiger partial charge in [-0.05, 0) is 37.7 Å². The van der Waals surface area contributed by atoms with Gasteiger partial charge >= 0.3 is 0 Å². The van der Waals surface area contributed by atoms with Gasteiger partial charge < -0.3 is 15.1 Å². The molecule has 1 aromatic rings. The molecule has 1 fully saturated rings. The Morgan fingerprint density at radius 3 is 2.39 bits per heavy atom. The first-order valence-corrected chi connectivity index (χ1v) is 7.85. The summed E-state index contributed by atoms with van der Waals surface area (Å²) in [4.78, 5) is 28.0. The average Bonchev–Trinajstić information content (AvgIpc) is 2.56. The third kappa shape index (κ3) is 5.38. The van der Waals surface area contributed by atoms with Gasteiger partial charge in [0.1, 0.15) is 0 Å². The van der Waals surface area contributed by atoms with Crippen LogP contribution in [0, 0.1) is 11.3 Å². The van der Waals surface area contributed by atoms with E-state index >= 15 is 0 Å². The summed E-state index contributed by atoms with van der Waals surface area (Å²) in [5, 5.41) is 11.5. The van der Waals surface area contributed by atoms with Crippen LogP contribution in [0.2, 0.25) is 0 Å². The number of carbonyl (C=O) groups excluding carboxylic acids is 2. The predicted octanol–water partition coefficient (Wildman–Crippen LogP) is 1.44. The van der Waals surface area contributed by atoms with E-state index in [9.17, 15) is 9.59 Å². The number of piperazine rings is 1. The molecule has 1 aliphatic heterocycles. The molecular weight excluding hydrogens is 292 g/mol. The van der Waals surface area contributed by atoms with Crippen molar-refractivity contribution < 1.29 is 9.59 Å². The van der Waals surface area contributed by atoms with E-state index in [4.69, 9.17) is 5.26 Å². The summed E-state index contributed by atoms with van der Waals surface area (Å²) in [5.41, 5.74) is 1.22. The van der Waals surface area contributed by atoms with Crippen LogP contribution >= 0.6 is 0 Å². The molecule has 0 atom stereocenters. The van der Waals surface area contributed by atoms with Gasteiger partial charge in [-0.3, -0.25) is 9.59 Å². The fourth-order valence-electron chi connectivity index (χ4n) is 2.47. The van der Waals surface area contributed by atoms with Crippen molar-refractivity contribution in [2.75, 3.05) is 38.5 Å². The number of rotatable bonds is 5. The molecule has 6 nitrogen and oxygen atoms in total. The third-order valence-corrected chi connectivity index (χ3v) is 3.95. The number of amides is 2. The van der Waals surface area contributed by atoms with Gasteiger partial charge in [0, 0.05) is 44.7 Å². The highest BCUT2D eigenvalue weighted by molar-refractivity contribution is 5.91. The largest absolute Gasteiger partial charge is 0.340 e. The molecule has 0 bridgehead atoms. The van der Waals surface area contributed by atoms with Crippen molar-refractivity contribution in [2.24, 2.45) is 0 Å². The number of hydrogen-bond donors (Lipinski definition) is 1. The van der Waals surface area contributed by atoms with E-state index in [0.29, 0.717) is 30.5 Å². The van der Waals surface area contributed by atoms with Gasteiger partial charge in [-0.25, -0.2) is 0 Å². The zero-order chi connectivity index (χ0) is 16.7. The molecule has 1 heterocycles. The first-order valence-electron chi connectivity index (χ1n) is 7.85. The molecule has 2 rings (SSSR count). The van der Waals surface area contributed by atoms with Crippen molar-refractivity contribution in [1.82, 2.24) is 9.80 Å². The minimum absolute atomic E-state index is 0.110. The Kier molecular flexibility index (Phi) is 6.12. The van der Waals surface area contributed by atoms with Crippen LogP contribution in [-0.2, 0) is 9.59 Å². The molecule has 0 unspecified atom stereocenters. The van der Waals surface area contributed by atoms with Crippen LogP contribution in [0.25, 0.3) is 0 Å². The summed E-state index contributed by atoms with van der Waals surface area (Å²) >= 11 is 0. The van der Waals surface area contributed by atoms with E-state index in [-0.39, 0.29) is 11.8 Å². The van der Waals surface area contributed by atoms with E-state index in [1.165, 1.54) is 0 Å². The number of nitriles is 1. The fraction of sp³-hybridized carbons (Fsp3) is 0.471. The van der Waals surface area contributed by atoms with Gasteiger partial charge in [0.2, 0.25) is 11.8 Å². The normalized spacial score (nSPS) is 15.0. The first-order chi connectivity index (χ1) is 11.1. The van der Waals surface area contributed by atoms with Crippen LogP contribution in [-0.4, -0.2) is 54.8 Å². The Morgan fingerprint density at radius 1 is 1.13 bits per heavy atom. The molecule has 1 N–H and O–H groups in total. The Labute approximate surface area is 136 Å². The van der Waals surface area contributed by atoms with E-state index in [2.05, 4.69) is 17.3 Å². The second kappa shape index (κ2) is 8.30. The molecule has 0 aliphatic carbocycles. The smallest absolute Gasteiger partial charge is 0.224 e. The van der Waals surface area contributed by atoms with Crippen LogP contribution in [0.15, 0.2) is 24.3 Å². The maximum atomic E-state index is 12.1. The molecule has 0 aromatic heterocycles. The number of nitrogens with one attached hydrogen (secondary N) is 1. The maximum Gasteiger partial charge on any atom is 0.224 e. The molecular formula is C17H22N4O2. The Morgan fingerprint density at radius 2 is 1.78 bits per heavy atom. The lowest BCUT2D eigenvalue weighted by Crippen LogP contribution is -2.47.